The highest BCUT2D eigenvalue weighted by atomic mass is 16.6. The number of benzene rings is 1. The van der Waals surface area contributed by atoms with Gasteiger partial charge in [-0.2, -0.15) is 0 Å². The average molecular weight is 685 g/mol. The molecule has 0 spiro atoms. The number of aromatic hydroxyl groups is 1. The maximum atomic E-state index is 15.0. The zero-order valence-corrected chi connectivity index (χ0v) is 33.8. The zero-order valence-electron chi connectivity index (χ0n) is 33.8. The molecule has 2 saturated heterocycles. The van der Waals surface area contributed by atoms with E-state index >= 15 is 9.59 Å². The van der Waals surface area contributed by atoms with E-state index in [0.29, 0.717) is 32.1 Å². The number of piperidine rings is 2. The van der Waals surface area contributed by atoms with E-state index in [4.69, 9.17) is 9.47 Å². The molecule has 1 aromatic rings. The number of phenolic OH excluding ortho intramolecular Hbond substituents is 1. The van der Waals surface area contributed by atoms with Crippen molar-refractivity contribution < 1.29 is 24.2 Å². The average Bonchev–Trinajstić information content (AvgIpc) is 2.89. The molecule has 1 aromatic carbocycles. The third-order valence-corrected chi connectivity index (χ3v) is 10.9. The first-order chi connectivity index (χ1) is 22.3. The van der Waals surface area contributed by atoms with E-state index in [1.54, 1.807) is 0 Å². The Morgan fingerprint density at radius 1 is 0.735 bits per heavy atom. The van der Waals surface area contributed by atoms with Crippen molar-refractivity contribution in [2.24, 2.45) is 5.41 Å². The molecule has 0 aliphatic carbocycles. The second-order valence-electron chi connectivity index (χ2n) is 19.4. The van der Waals surface area contributed by atoms with Gasteiger partial charge in [-0.3, -0.25) is 9.59 Å². The van der Waals surface area contributed by atoms with Crippen LogP contribution in [0.25, 0.3) is 0 Å². The van der Waals surface area contributed by atoms with E-state index in [9.17, 15) is 5.11 Å². The van der Waals surface area contributed by atoms with E-state index in [2.05, 4.69) is 93.7 Å². The van der Waals surface area contributed by atoms with Gasteiger partial charge in [-0.05, 0) is 110 Å². The first-order valence-corrected chi connectivity index (χ1v) is 19.2. The van der Waals surface area contributed by atoms with Gasteiger partial charge in [0.15, 0.2) is 5.41 Å². The van der Waals surface area contributed by atoms with Gasteiger partial charge in [0.05, 0.1) is 0 Å². The standard InChI is InChI=1S/C42H72N2O5/c1-15-16-17-18-19-20-21-42(35(46)48-31-24-38(7,8)43-39(9,10)25-31,36(47)49-32-26-40(11,12)44-41(13,14)27-32)23-30-22-33(37(4,5)6)34(45)29(3)28(30)2/h22,31-32,43-45H,15-21,23-27H2,1-14H3. The fourth-order valence-corrected chi connectivity index (χ4v) is 8.93. The second-order valence-corrected chi connectivity index (χ2v) is 19.4. The van der Waals surface area contributed by atoms with E-state index < -0.39 is 17.4 Å². The molecular formula is C42H72N2O5. The molecule has 0 radical (unpaired) electrons. The summed E-state index contributed by atoms with van der Waals surface area (Å²) in [5.74, 6) is -0.669. The number of carbonyl (C=O) groups excluding carboxylic acids is 2. The number of hydrogen-bond donors (Lipinski definition) is 3. The highest BCUT2D eigenvalue weighted by Gasteiger charge is 2.52. The van der Waals surface area contributed by atoms with Gasteiger partial charge in [0.2, 0.25) is 0 Å². The van der Waals surface area contributed by atoms with E-state index in [1.807, 2.05) is 19.9 Å². The Morgan fingerprint density at radius 3 is 1.55 bits per heavy atom. The molecule has 2 heterocycles. The van der Waals surface area contributed by atoms with Crippen LogP contribution in [-0.4, -0.2) is 51.4 Å². The molecule has 3 N–H and O–H groups in total. The number of rotatable bonds is 13. The lowest BCUT2D eigenvalue weighted by atomic mass is 9.73. The van der Waals surface area contributed by atoms with E-state index in [1.165, 1.54) is 6.42 Å². The molecule has 0 unspecified atom stereocenters. The fraction of sp³-hybridized carbons (Fsp3) is 0.810. The molecule has 0 aromatic heterocycles. The second kappa shape index (κ2) is 15.2. The van der Waals surface area contributed by atoms with Crippen LogP contribution in [0.2, 0.25) is 0 Å². The molecule has 49 heavy (non-hydrogen) atoms. The Balaban J connectivity index is 2.15. The van der Waals surface area contributed by atoms with Gasteiger partial charge in [0.25, 0.3) is 0 Å². The summed E-state index contributed by atoms with van der Waals surface area (Å²) < 4.78 is 13.1. The van der Waals surface area contributed by atoms with Gasteiger partial charge < -0.3 is 25.2 Å². The predicted octanol–water partition coefficient (Wildman–Crippen LogP) is 9.29. The summed E-state index contributed by atoms with van der Waals surface area (Å²) in [5, 5.41) is 18.6. The minimum absolute atomic E-state index is 0.172. The third kappa shape index (κ3) is 10.9. The van der Waals surface area contributed by atoms with Crippen LogP contribution >= 0.6 is 0 Å². The van der Waals surface area contributed by atoms with Crippen LogP contribution in [0, 0.1) is 19.3 Å². The number of esters is 2. The van der Waals surface area contributed by atoms with E-state index in [0.717, 1.165) is 54.4 Å². The summed E-state index contributed by atoms with van der Waals surface area (Å²) in [6.45, 7) is 29.5. The molecule has 0 amide bonds. The van der Waals surface area contributed by atoms with Crippen LogP contribution in [0.3, 0.4) is 0 Å². The van der Waals surface area contributed by atoms with Gasteiger partial charge >= 0.3 is 11.9 Å². The van der Waals surface area contributed by atoms with Gasteiger partial charge in [0.1, 0.15) is 18.0 Å². The van der Waals surface area contributed by atoms with Crippen LogP contribution in [0.4, 0.5) is 0 Å². The number of unbranched alkanes of at least 4 members (excludes halogenated alkanes) is 5. The lowest BCUT2D eigenvalue weighted by Gasteiger charge is -2.47. The minimum Gasteiger partial charge on any atom is -0.507 e. The van der Waals surface area contributed by atoms with Crippen molar-refractivity contribution in [3.05, 3.63) is 28.3 Å². The molecule has 0 bridgehead atoms. The number of hydrogen-bond acceptors (Lipinski definition) is 7. The normalized spacial score (nSPS) is 20.9. The van der Waals surface area contributed by atoms with Gasteiger partial charge in [-0.25, -0.2) is 0 Å². The molecule has 3 rings (SSSR count). The van der Waals surface area contributed by atoms with Gasteiger partial charge in [0, 0.05) is 47.8 Å². The van der Waals surface area contributed by atoms with Crippen molar-refractivity contribution in [1.29, 1.82) is 0 Å². The summed E-state index contributed by atoms with van der Waals surface area (Å²) >= 11 is 0. The number of nitrogens with one attached hydrogen (secondary N) is 2. The molecule has 7 nitrogen and oxygen atoms in total. The maximum absolute atomic E-state index is 15.0. The van der Waals surface area contributed by atoms with Crippen molar-refractivity contribution in [2.75, 3.05) is 0 Å². The molecule has 2 aliphatic rings. The predicted molar refractivity (Wildman–Crippen MR) is 201 cm³/mol. The Morgan fingerprint density at radius 2 is 1.14 bits per heavy atom. The SMILES string of the molecule is CCCCCCCCC(Cc1cc(C(C)(C)C)c(O)c(C)c1C)(C(=O)OC1CC(C)(C)NC(C)(C)C1)C(=O)OC1CC(C)(C)NC(C)(C)C1. The van der Waals surface area contributed by atoms with Crippen molar-refractivity contribution >= 4 is 11.9 Å². The minimum atomic E-state index is -1.52. The molecule has 7 heteroatoms. The maximum Gasteiger partial charge on any atom is 0.324 e. The van der Waals surface area contributed by atoms with Crippen LogP contribution in [0.15, 0.2) is 6.07 Å². The van der Waals surface area contributed by atoms with E-state index in [-0.39, 0.29) is 51.9 Å². The quantitative estimate of drug-likeness (QED) is 0.108. The molecule has 2 aliphatic heterocycles. The van der Waals surface area contributed by atoms with Crippen molar-refractivity contribution in [3.63, 3.8) is 0 Å². The third-order valence-electron chi connectivity index (χ3n) is 10.9. The lowest BCUT2D eigenvalue weighted by Crippen LogP contribution is -2.61. The molecule has 2 fully saturated rings. The van der Waals surface area contributed by atoms with Crippen molar-refractivity contribution in [3.8, 4) is 5.75 Å². The zero-order chi connectivity index (χ0) is 37.2. The summed E-state index contributed by atoms with van der Waals surface area (Å²) in [6, 6.07) is 2.02. The Hall–Kier alpha value is -2.12. The topological polar surface area (TPSA) is 96.9 Å². The van der Waals surface area contributed by atoms with Crippen molar-refractivity contribution in [2.45, 2.75) is 214 Å². The number of phenols is 1. The number of ether oxygens (including phenoxy) is 2. The van der Waals surface area contributed by atoms with Gasteiger partial charge in [-0.1, -0.05) is 72.3 Å². The first kappa shape index (κ1) is 41.3. The fourth-order valence-electron chi connectivity index (χ4n) is 8.93. The summed E-state index contributed by atoms with van der Waals surface area (Å²) in [6.07, 6.45) is 8.70. The first-order valence-electron chi connectivity index (χ1n) is 19.2. The Bertz CT molecular complexity index is 1240. The van der Waals surface area contributed by atoms with Crippen LogP contribution in [0.5, 0.6) is 5.75 Å². The lowest BCUT2D eigenvalue weighted by molar-refractivity contribution is -0.183. The van der Waals surface area contributed by atoms with Crippen LogP contribution in [-0.2, 0) is 30.9 Å². The summed E-state index contributed by atoms with van der Waals surface area (Å²) in [4.78, 5) is 30.0. The van der Waals surface area contributed by atoms with Crippen LogP contribution in [0.1, 0.15) is 176 Å². The highest BCUT2D eigenvalue weighted by Crippen LogP contribution is 2.43. The molecule has 280 valence electrons. The summed E-state index contributed by atoms with van der Waals surface area (Å²) in [7, 11) is 0. The highest BCUT2D eigenvalue weighted by molar-refractivity contribution is 6.00. The van der Waals surface area contributed by atoms with Crippen LogP contribution < -0.4 is 10.6 Å². The molecule has 0 saturated carbocycles. The van der Waals surface area contributed by atoms with Crippen molar-refractivity contribution in [1.82, 2.24) is 10.6 Å². The Labute approximate surface area is 299 Å². The largest absolute Gasteiger partial charge is 0.507 e. The smallest absolute Gasteiger partial charge is 0.324 e. The Kier molecular flexibility index (Phi) is 12.8. The summed E-state index contributed by atoms with van der Waals surface area (Å²) in [5.41, 5.74) is 0.600. The molecule has 0 atom stereocenters. The molecular weight excluding hydrogens is 612 g/mol. The number of carbonyl (C=O) groups is 2. The van der Waals surface area contributed by atoms with Gasteiger partial charge in [-0.15, -0.1) is 0 Å². The monoisotopic (exact) mass is 685 g/mol.